The van der Waals surface area contributed by atoms with Gasteiger partial charge in [0.1, 0.15) is 5.54 Å². The molecule has 0 radical (unpaired) electrons. The maximum absolute atomic E-state index is 12.9. The van der Waals surface area contributed by atoms with E-state index in [4.69, 9.17) is 0 Å². The first-order valence-electron chi connectivity index (χ1n) is 8.04. The standard InChI is InChI=1S/C16H28N2O2/c1-5-16(6-2)15(20)18(10-14(19)17-16)13-8-11(3)7-12(4)9-13/h11-13H,5-10H2,1-4H3,(H,17,19). The van der Waals surface area contributed by atoms with E-state index in [0.29, 0.717) is 24.7 Å². The average molecular weight is 280 g/mol. The Kier molecular flexibility index (Phi) is 4.40. The summed E-state index contributed by atoms with van der Waals surface area (Å²) in [6, 6.07) is 0.241. The van der Waals surface area contributed by atoms with Gasteiger partial charge in [-0.1, -0.05) is 27.7 Å². The van der Waals surface area contributed by atoms with Gasteiger partial charge < -0.3 is 10.2 Å². The highest BCUT2D eigenvalue weighted by Crippen LogP contribution is 2.34. The second-order valence-corrected chi connectivity index (χ2v) is 6.84. The van der Waals surface area contributed by atoms with Crippen molar-refractivity contribution in [3.05, 3.63) is 0 Å². The van der Waals surface area contributed by atoms with Crippen LogP contribution in [0.25, 0.3) is 0 Å². The van der Waals surface area contributed by atoms with Crippen molar-refractivity contribution in [1.29, 1.82) is 0 Å². The predicted molar refractivity (Wildman–Crippen MR) is 79.1 cm³/mol. The molecule has 114 valence electrons. The second-order valence-electron chi connectivity index (χ2n) is 6.84. The first-order valence-corrected chi connectivity index (χ1v) is 8.04. The molecule has 2 amide bonds. The van der Waals surface area contributed by atoms with E-state index in [1.807, 2.05) is 18.7 Å². The van der Waals surface area contributed by atoms with Crippen LogP contribution < -0.4 is 5.32 Å². The van der Waals surface area contributed by atoms with Gasteiger partial charge in [-0.3, -0.25) is 9.59 Å². The fourth-order valence-corrected chi connectivity index (χ4v) is 4.04. The lowest BCUT2D eigenvalue weighted by molar-refractivity contribution is -0.154. The molecule has 20 heavy (non-hydrogen) atoms. The third-order valence-corrected chi connectivity index (χ3v) is 5.16. The Bertz CT molecular complexity index is 380. The number of nitrogens with zero attached hydrogens (tertiary/aromatic N) is 1. The minimum absolute atomic E-state index is 0.000760. The Morgan fingerprint density at radius 1 is 1.10 bits per heavy atom. The normalized spacial score (nSPS) is 34.0. The number of hydrogen-bond donors (Lipinski definition) is 1. The summed E-state index contributed by atoms with van der Waals surface area (Å²) in [6.45, 7) is 8.72. The Labute approximate surface area is 122 Å². The van der Waals surface area contributed by atoms with Gasteiger partial charge in [0.25, 0.3) is 0 Å². The van der Waals surface area contributed by atoms with Gasteiger partial charge in [0.05, 0.1) is 6.54 Å². The van der Waals surface area contributed by atoms with Crippen molar-refractivity contribution in [3.63, 3.8) is 0 Å². The highest BCUT2D eigenvalue weighted by molar-refractivity contribution is 5.98. The molecule has 1 saturated heterocycles. The molecule has 1 heterocycles. The third kappa shape index (κ3) is 2.70. The Morgan fingerprint density at radius 2 is 1.65 bits per heavy atom. The van der Waals surface area contributed by atoms with Gasteiger partial charge in [0.2, 0.25) is 11.8 Å². The highest BCUT2D eigenvalue weighted by atomic mass is 16.2. The van der Waals surface area contributed by atoms with Gasteiger partial charge in [0, 0.05) is 6.04 Å². The second kappa shape index (κ2) is 5.74. The first kappa shape index (κ1) is 15.3. The summed E-state index contributed by atoms with van der Waals surface area (Å²) in [7, 11) is 0. The lowest BCUT2D eigenvalue weighted by atomic mass is 9.78. The third-order valence-electron chi connectivity index (χ3n) is 5.16. The zero-order valence-corrected chi connectivity index (χ0v) is 13.2. The lowest BCUT2D eigenvalue weighted by Crippen LogP contribution is -2.68. The molecular formula is C16H28N2O2. The maximum atomic E-state index is 12.9. The molecule has 1 aliphatic carbocycles. The number of hydrogen-bond acceptors (Lipinski definition) is 2. The summed E-state index contributed by atoms with van der Waals surface area (Å²) in [4.78, 5) is 26.8. The Morgan fingerprint density at radius 3 is 2.15 bits per heavy atom. The van der Waals surface area contributed by atoms with E-state index in [1.54, 1.807) is 0 Å². The fourth-order valence-electron chi connectivity index (χ4n) is 4.04. The summed E-state index contributed by atoms with van der Waals surface area (Å²) in [5.41, 5.74) is -0.667. The number of rotatable bonds is 3. The van der Waals surface area contributed by atoms with Gasteiger partial charge in [-0.2, -0.15) is 0 Å². The molecule has 4 nitrogen and oxygen atoms in total. The summed E-state index contributed by atoms with van der Waals surface area (Å²) in [6.07, 6.45) is 4.64. The SMILES string of the molecule is CCC1(CC)NC(=O)CN(C2CC(C)CC(C)C2)C1=O. The lowest BCUT2D eigenvalue weighted by Gasteiger charge is -2.47. The minimum atomic E-state index is -0.667. The fraction of sp³-hybridized carbons (Fsp3) is 0.875. The summed E-state index contributed by atoms with van der Waals surface area (Å²) < 4.78 is 0. The van der Waals surface area contributed by atoms with Crippen molar-refractivity contribution < 1.29 is 9.59 Å². The summed E-state index contributed by atoms with van der Waals surface area (Å²) in [5, 5.41) is 2.94. The van der Waals surface area contributed by atoms with Crippen LogP contribution in [0.3, 0.4) is 0 Å². The number of nitrogens with one attached hydrogen (secondary N) is 1. The molecule has 1 aliphatic heterocycles. The van der Waals surface area contributed by atoms with Crippen LogP contribution in [0.5, 0.6) is 0 Å². The molecule has 1 saturated carbocycles. The van der Waals surface area contributed by atoms with Crippen LogP contribution in [-0.2, 0) is 9.59 Å². The molecular weight excluding hydrogens is 252 g/mol. The molecule has 2 atom stereocenters. The van der Waals surface area contributed by atoms with Crippen molar-refractivity contribution in [2.75, 3.05) is 6.54 Å². The van der Waals surface area contributed by atoms with E-state index < -0.39 is 5.54 Å². The van der Waals surface area contributed by atoms with Gasteiger partial charge in [-0.05, 0) is 43.9 Å². The van der Waals surface area contributed by atoms with E-state index >= 15 is 0 Å². The molecule has 2 rings (SSSR count). The monoisotopic (exact) mass is 280 g/mol. The van der Waals surface area contributed by atoms with Crippen LogP contribution in [0.15, 0.2) is 0 Å². The van der Waals surface area contributed by atoms with Crippen molar-refractivity contribution >= 4 is 11.8 Å². The topological polar surface area (TPSA) is 49.4 Å². The van der Waals surface area contributed by atoms with Crippen molar-refractivity contribution in [2.24, 2.45) is 11.8 Å². The Balaban J connectivity index is 2.21. The van der Waals surface area contributed by atoms with Crippen molar-refractivity contribution in [1.82, 2.24) is 10.2 Å². The van der Waals surface area contributed by atoms with E-state index in [1.165, 1.54) is 6.42 Å². The number of carbonyl (C=O) groups excluding carboxylic acids is 2. The summed E-state index contributed by atoms with van der Waals surface area (Å²) >= 11 is 0. The molecule has 2 aliphatic rings. The van der Waals surface area contributed by atoms with E-state index in [-0.39, 0.29) is 24.4 Å². The molecule has 0 bridgehead atoms. The average Bonchev–Trinajstić information content (AvgIpc) is 2.40. The number of carbonyl (C=O) groups is 2. The molecule has 2 fully saturated rings. The largest absolute Gasteiger partial charge is 0.340 e. The van der Waals surface area contributed by atoms with Gasteiger partial charge in [-0.25, -0.2) is 0 Å². The number of piperazine rings is 1. The Hall–Kier alpha value is -1.06. The highest BCUT2D eigenvalue weighted by Gasteiger charge is 2.46. The quantitative estimate of drug-likeness (QED) is 0.862. The van der Waals surface area contributed by atoms with Crippen LogP contribution in [-0.4, -0.2) is 34.8 Å². The van der Waals surface area contributed by atoms with Crippen LogP contribution in [0.1, 0.15) is 59.8 Å². The van der Waals surface area contributed by atoms with Crippen LogP contribution >= 0.6 is 0 Å². The van der Waals surface area contributed by atoms with Crippen LogP contribution in [0.4, 0.5) is 0 Å². The van der Waals surface area contributed by atoms with Gasteiger partial charge in [-0.15, -0.1) is 0 Å². The van der Waals surface area contributed by atoms with Gasteiger partial charge >= 0.3 is 0 Å². The summed E-state index contributed by atoms with van der Waals surface area (Å²) in [5.74, 6) is 1.41. The first-order chi connectivity index (χ1) is 9.41. The molecule has 4 heteroatoms. The molecule has 0 aromatic carbocycles. The molecule has 0 aromatic heterocycles. The van der Waals surface area contributed by atoms with Crippen molar-refractivity contribution in [2.45, 2.75) is 71.4 Å². The molecule has 2 unspecified atom stereocenters. The van der Waals surface area contributed by atoms with Crippen LogP contribution in [0.2, 0.25) is 0 Å². The zero-order chi connectivity index (χ0) is 14.9. The maximum Gasteiger partial charge on any atom is 0.249 e. The van der Waals surface area contributed by atoms with Crippen LogP contribution in [0, 0.1) is 11.8 Å². The van der Waals surface area contributed by atoms with Crippen molar-refractivity contribution in [3.8, 4) is 0 Å². The zero-order valence-electron chi connectivity index (χ0n) is 13.2. The smallest absolute Gasteiger partial charge is 0.249 e. The molecule has 0 spiro atoms. The van der Waals surface area contributed by atoms with E-state index in [9.17, 15) is 9.59 Å². The minimum Gasteiger partial charge on any atom is -0.340 e. The van der Waals surface area contributed by atoms with E-state index in [0.717, 1.165) is 12.8 Å². The van der Waals surface area contributed by atoms with E-state index in [2.05, 4.69) is 19.2 Å². The molecule has 1 N–H and O–H groups in total. The predicted octanol–water partition coefficient (Wildman–Crippen LogP) is 2.33. The molecule has 0 aromatic rings. The number of amides is 2. The van der Waals surface area contributed by atoms with Gasteiger partial charge in [0.15, 0.2) is 0 Å².